The highest BCUT2D eigenvalue weighted by molar-refractivity contribution is 5.34. The van der Waals surface area contributed by atoms with Crippen LogP contribution in [0.1, 0.15) is 23.6 Å². The van der Waals surface area contributed by atoms with Crippen molar-refractivity contribution in [1.82, 2.24) is 10.2 Å². The second-order valence-corrected chi connectivity index (χ2v) is 4.84. The molecule has 1 saturated heterocycles. The molecule has 3 heteroatoms. The Hall–Kier alpha value is -0.900. The molecule has 0 aromatic heterocycles. The zero-order chi connectivity index (χ0) is 11.0. The van der Waals surface area contributed by atoms with E-state index in [1.807, 2.05) is 0 Å². The maximum atomic E-state index is 9.20. The van der Waals surface area contributed by atoms with E-state index >= 15 is 0 Å². The highest BCUT2D eigenvalue weighted by atomic mass is 16.3. The third-order valence-corrected chi connectivity index (χ3v) is 3.63. The number of hydrogen-bond donors (Lipinski definition) is 2. The van der Waals surface area contributed by atoms with Crippen LogP contribution < -0.4 is 5.32 Å². The summed E-state index contributed by atoms with van der Waals surface area (Å²) in [5, 5.41) is 12.8. The summed E-state index contributed by atoms with van der Waals surface area (Å²) < 4.78 is 0. The molecule has 3 rings (SSSR count). The van der Waals surface area contributed by atoms with Crippen LogP contribution in [-0.2, 0) is 6.42 Å². The van der Waals surface area contributed by atoms with Gasteiger partial charge in [-0.1, -0.05) is 24.3 Å². The Labute approximate surface area is 96.1 Å². The molecule has 16 heavy (non-hydrogen) atoms. The van der Waals surface area contributed by atoms with E-state index in [4.69, 9.17) is 0 Å². The summed E-state index contributed by atoms with van der Waals surface area (Å²) in [7, 11) is 0. The summed E-state index contributed by atoms with van der Waals surface area (Å²) in [5.74, 6) is 0. The second kappa shape index (κ2) is 4.17. The summed E-state index contributed by atoms with van der Waals surface area (Å²) in [5.41, 5.74) is 2.95. The zero-order valence-corrected chi connectivity index (χ0v) is 9.39. The molecule has 86 valence electrons. The van der Waals surface area contributed by atoms with Gasteiger partial charge in [0.15, 0.2) is 0 Å². The summed E-state index contributed by atoms with van der Waals surface area (Å²) in [6.45, 7) is 2.54. The van der Waals surface area contributed by atoms with Gasteiger partial charge in [0.25, 0.3) is 0 Å². The molecule has 1 atom stereocenters. The molecule has 1 aliphatic heterocycles. The van der Waals surface area contributed by atoms with Crippen molar-refractivity contribution in [2.45, 2.75) is 25.0 Å². The Kier molecular flexibility index (Phi) is 2.67. The Balaban J connectivity index is 1.57. The first-order chi connectivity index (χ1) is 7.83. The number of aliphatic hydroxyl groups is 1. The lowest BCUT2D eigenvalue weighted by atomic mass is 10.1. The van der Waals surface area contributed by atoms with E-state index in [1.54, 1.807) is 0 Å². The Bertz CT molecular complexity index is 374. The molecule has 0 spiro atoms. The molecule has 1 aromatic rings. The van der Waals surface area contributed by atoms with Gasteiger partial charge in [-0.15, -0.1) is 0 Å². The molecule has 0 saturated carbocycles. The first kappa shape index (κ1) is 10.3. The Morgan fingerprint density at radius 1 is 1.31 bits per heavy atom. The molecule has 0 radical (unpaired) electrons. The molecule has 1 fully saturated rings. The molecular weight excluding hydrogens is 200 g/mol. The highest BCUT2D eigenvalue weighted by Crippen LogP contribution is 2.30. The number of β-amino-alcohol motifs (C(OH)–C–C–N with tert-alkyl or cyclic N) is 1. The van der Waals surface area contributed by atoms with Crippen LogP contribution in [-0.4, -0.2) is 35.9 Å². The van der Waals surface area contributed by atoms with E-state index in [0.29, 0.717) is 6.04 Å². The van der Waals surface area contributed by atoms with Crippen LogP contribution in [0.15, 0.2) is 24.3 Å². The van der Waals surface area contributed by atoms with Gasteiger partial charge in [-0.05, 0) is 24.0 Å². The van der Waals surface area contributed by atoms with Gasteiger partial charge in [0.1, 0.15) is 0 Å². The van der Waals surface area contributed by atoms with Crippen molar-refractivity contribution in [3.63, 3.8) is 0 Å². The number of hydrogen-bond acceptors (Lipinski definition) is 3. The van der Waals surface area contributed by atoms with E-state index < -0.39 is 0 Å². The largest absolute Gasteiger partial charge is 0.390 e. The molecule has 2 N–H and O–H groups in total. The normalized spacial score (nSPS) is 25.4. The first-order valence-corrected chi connectivity index (χ1v) is 6.04. The molecular formula is C13H18N2O. The van der Waals surface area contributed by atoms with Crippen LogP contribution in [0.25, 0.3) is 0 Å². The van der Waals surface area contributed by atoms with Gasteiger partial charge in [0.2, 0.25) is 0 Å². The average Bonchev–Trinajstić information content (AvgIpc) is 2.66. The van der Waals surface area contributed by atoms with E-state index in [-0.39, 0.29) is 6.10 Å². The smallest absolute Gasteiger partial charge is 0.0794 e. The van der Waals surface area contributed by atoms with Crippen molar-refractivity contribution in [2.75, 3.05) is 19.8 Å². The fraction of sp³-hybridized carbons (Fsp3) is 0.538. The predicted molar refractivity (Wildman–Crippen MR) is 63.1 cm³/mol. The number of rotatable bonds is 3. The van der Waals surface area contributed by atoms with E-state index in [0.717, 1.165) is 19.8 Å². The van der Waals surface area contributed by atoms with Crippen LogP contribution in [0.2, 0.25) is 0 Å². The number of aliphatic hydroxyl groups excluding tert-OH is 1. The van der Waals surface area contributed by atoms with Gasteiger partial charge in [-0.2, -0.15) is 0 Å². The van der Waals surface area contributed by atoms with Crippen LogP contribution in [0.4, 0.5) is 0 Å². The first-order valence-electron chi connectivity index (χ1n) is 6.04. The van der Waals surface area contributed by atoms with Gasteiger partial charge < -0.3 is 5.11 Å². The lowest BCUT2D eigenvalue weighted by Gasteiger charge is -2.36. The standard InChI is InChI=1S/C13H18N2O/c16-11-7-15(8-11)9-14-13-6-5-10-3-1-2-4-12(10)13/h1-4,11,13-14,16H,5-9H2. The Morgan fingerprint density at radius 2 is 2.12 bits per heavy atom. The molecule has 1 aromatic carbocycles. The van der Waals surface area contributed by atoms with Crippen molar-refractivity contribution in [1.29, 1.82) is 0 Å². The number of nitrogens with one attached hydrogen (secondary N) is 1. The van der Waals surface area contributed by atoms with Gasteiger partial charge >= 0.3 is 0 Å². The molecule has 0 bridgehead atoms. The molecule has 1 unspecified atom stereocenters. The molecule has 1 heterocycles. The summed E-state index contributed by atoms with van der Waals surface area (Å²) >= 11 is 0. The zero-order valence-electron chi connectivity index (χ0n) is 9.39. The maximum Gasteiger partial charge on any atom is 0.0794 e. The van der Waals surface area contributed by atoms with E-state index in [2.05, 4.69) is 34.5 Å². The topological polar surface area (TPSA) is 35.5 Å². The summed E-state index contributed by atoms with van der Waals surface area (Å²) in [6, 6.07) is 9.20. The Morgan fingerprint density at radius 3 is 2.94 bits per heavy atom. The van der Waals surface area contributed by atoms with Gasteiger partial charge in [-0.25, -0.2) is 0 Å². The lowest BCUT2D eigenvalue weighted by Crippen LogP contribution is -2.54. The van der Waals surface area contributed by atoms with Crippen molar-refractivity contribution in [3.8, 4) is 0 Å². The number of likely N-dealkylation sites (tertiary alicyclic amines) is 1. The minimum absolute atomic E-state index is 0.0994. The average molecular weight is 218 g/mol. The van der Waals surface area contributed by atoms with E-state index in [1.165, 1.54) is 24.0 Å². The highest BCUT2D eigenvalue weighted by Gasteiger charge is 2.26. The number of fused-ring (bicyclic) bond motifs is 1. The predicted octanol–water partition coefficient (Wildman–Crippen LogP) is 0.897. The SMILES string of the molecule is OC1CN(CNC2CCc3ccccc32)C1. The number of aryl methyl sites for hydroxylation is 1. The molecule has 2 aliphatic rings. The van der Waals surface area contributed by atoms with Crippen LogP contribution >= 0.6 is 0 Å². The van der Waals surface area contributed by atoms with Gasteiger partial charge in [0, 0.05) is 25.8 Å². The molecule has 1 aliphatic carbocycles. The number of benzene rings is 1. The third kappa shape index (κ3) is 1.86. The summed E-state index contributed by atoms with van der Waals surface area (Å²) in [4.78, 5) is 2.24. The molecule has 3 nitrogen and oxygen atoms in total. The van der Waals surface area contributed by atoms with Crippen LogP contribution in [0, 0.1) is 0 Å². The molecule has 0 amide bonds. The fourth-order valence-electron chi connectivity index (χ4n) is 2.68. The van der Waals surface area contributed by atoms with Crippen molar-refractivity contribution in [2.24, 2.45) is 0 Å². The third-order valence-electron chi connectivity index (χ3n) is 3.63. The van der Waals surface area contributed by atoms with E-state index in [9.17, 15) is 5.11 Å². The lowest BCUT2D eigenvalue weighted by molar-refractivity contribution is -0.00425. The van der Waals surface area contributed by atoms with Crippen molar-refractivity contribution < 1.29 is 5.11 Å². The number of nitrogens with zero attached hydrogens (tertiary/aromatic N) is 1. The van der Waals surface area contributed by atoms with Gasteiger partial charge in [0.05, 0.1) is 6.10 Å². The fourth-order valence-corrected chi connectivity index (χ4v) is 2.68. The quantitative estimate of drug-likeness (QED) is 0.791. The summed E-state index contributed by atoms with van der Waals surface area (Å²) in [6.07, 6.45) is 2.30. The van der Waals surface area contributed by atoms with Crippen molar-refractivity contribution in [3.05, 3.63) is 35.4 Å². The van der Waals surface area contributed by atoms with Crippen LogP contribution in [0.5, 0.6) is 0 Å². The van der Waals surface area contributed by atoms with Crippen LogP contribution in [0.3, 0.4) is 0 Å². The second-order valence-electron chi connectivity index (χ2n) is 4.84. The minimum Gasteiger partial charge on any atom is -0.390 e. The van der Waals surface area contributed by atoms with Gasteiger partial charge in [-0.3, -0.25) is 10.2 Å². The minimum atomic E-state index is -0.0994. The monoisotopic (exact) mass is 218 g/mol. The maximum absolute atomic E-state index is 9.20. The van der Waals surface area contributed by atoms with Crippen molar-refractivity contribution >= 4 is 0 Å².